The summed E-state index contributed by atoms with van der Waals surface area (Å²) < 4.78 is 18.9. The number of imidazole rings is 1. The largest absolute Gasteiger partial charge is 0.496 e. The Bertz CT molecular complexity index is 985. The number of nitrogens with one attached hydrogen (secondary N) is 1. The van der Waals surface area contributed by atoms with Crippen molar-refractivity contribution < 1.29 is 19.0 Å². The van der Waals surface area contributed by atoms with Crippen LogP contribution < -0.4 is 19.5 Å². The summed E-state index contributed by atoms with van der Waals surface area (Å²) in [6.45, 7) is 0.141. The molecule has 2 atom stereocenters. The third-order valence-corrected chi connectivity index (χ3v) is 4.65. The Morgan fingerprint density at radius 2 is 1.96 bits per heavy atom. The quantitative estimate of drug-likeness (QED) is 0.737. The Hall–Kier alpha value is -3.48. The highest BCUT2D eigenvalue weighted by molar-refractivity contribution is 5.82. The van der Waals surface area contributed by atoms with Gasteiger partial charge in [-0.05, 0) is 18.2 Å². The minimum absolute atomic E-state index is 0.141. The van der Waals surface area contributed by atoms with E-state index in [0.717, 1.165) is 5.56 Å². The van der Waals surface area contributed by atoms with Gasteiger partial charge in [-0.25, -0.2) is 4.98 Å². The Morgan fingerprint density at radius 3 is 2.71 bits per heavy atom. The number of amides is 1. The zero-order valence-electron chi connectivity index (χ0n) is 15.7. The van der Waals surface area contributed by atoms with Crippen molar-refractivity contribution in [1.82, 2.24) is 14.9 Å². The zero-order valence-corrected chi connectivity index (χ0v) is 15.7. The van der Waals surface area contributed by atoms with Crippen molar-refractivity contribution in [3.63, 3.8) is 0 Å². The number of nitrogens with zero attached hydrogens (tertiary/aromatic N) is 2. The summed E-state index contributed by atoms with van der Waals surface area (Å²) in [5.74, 6) is 2.27. The number of aromatic nitrogens is 2. The van der Waals surface area contributed by atoms with Crippen molar-refractivity contribution in [2.24, 2.45) is 7.05 Å². The molecule has 7 heteroatoms. The first-order valence-corrected chi connectivity index (χ1v) is 8.96. The van der Waals surface area contributed by atoms with Crippen LogP contribution in [0.4, 0.5) is 0 Å². The fourth-order valence-corrected chi connectivity index (χ4v) is 3.23. The third-order valence-electron chi connectivity index (χ3n) is 4.65. The molecule has 0 aliphatic carbocycles. The van der Waals surface area contributed by atoms with Gasteiger partial charge in [0, 0.05) is 25.0 Å². The first-order chi connectivity index (χ1) is 13.7. The second-order valence-electron chi connectivity index (χ2n) is 6.44. The first-order valence-electron chi connectivity index (χ1n) is 8.96. The normalized spacial score (nSPS) is 16.3. The molecule has 4 rings (SSSR count). The summed E-state index contributed by atoms with van der Waals surface area (Å²) in [4.78, 5) is 17.4. The summed E-state index contributed by atoms with van der Waals surface area (Å²) in [7, 11) is 3.48. The molecular formula is C21H21N3O4. The van der Waals surface area contributed by atoms with E-state index < -0.39 is 12.1 Å². The monoisotopic (exact) mass is 379 g/mol. The number of hydrogen-bond donors (Lipinski definition) is 1. The van der Waals surface area contributed by atoms with Gasteiger partial charge in [0.05, 0.1) is 7.11 Å². The van der Waals surface area contributed by atoms with Gasteiger partial charge in [0.15, 0.2) is 11.5 Å². The average Bonchev–Trinajstić information content (AvgIpc) is 3.17. The van der Waals surface area contributed by atoms with E-state index in [1.807, 2.05) is 60.3 Å². The van der Waals surface area contributed by atoms with Gasteiger partial charge < -0.3 is 24.1 Å². The van der Waals surface area contributed by atoms with E-state index in [0.29, 0.717) is 23.1 Å². The number of para-hydroxylation sites is 3. The average molecular weight is 379 g/mol. The number of methoxy groups -OCH3 is 1. The van der Waals surface area contributed by atoms with E-state index in [2.05, 4.69) is 10.3 Å². The predicted molar refractivity (Wildman–Crippen MR) is 103 cm³/mol. The Labute approximate surface area is 162 Å². The van der Waals surface area contributed by atoms with Crippen LogP contribution in [0.15, 0.2) is 60.9 Å². The van der Waals surface area contributed by atoms with Gasteiger partial charge in [-0.2, -0.15) is 0 Å². The molecule has 0 spiro atoms. The highest BCUT2D eigenvalue weighted by atomic mass is 16.6. The molecule has 0 saturated heterocycles. The van der Waals surface area contributed by atoms with Crippen LogP contribution in [0.5, 0.6) is 17.2 Å². The van der Waals surface area contributed by atoms with Crippen LogP contribution in [0, 0.1) is 0 Å². The van der Waals surface area contributed by atoms with Gasteiger partial charge in [-0.3, -0.25) is 4.79 Å². The molecule has 2 heterocycles. The lowest BCUT2D eigenvalue weighted by molar-refractivity contribution is -0.130. The first kappa shape index (κ1) is 17.9. The van der Waals surface area contributed by atoms with E-state index in [1.165, 1.54) is 0 Å². The minimum Gasteiger partial charge on any atom is -0.496 e. The Morgan fingerprint density at radius 1 is 1.21 bits per heavy atom. The molecule has 1 aromatic heterocycles. The maximum atomic E-state index is 13.0. The van der Waals surface area contributed by atoms with Crippen LogP contribution in [0.3, 0.4) is 0 Å². The van der Waals surface area contributed by atoms with Crippen molar-refractivity contribution in [2.75, 3.05) is 13.7 Å². The molecule has 2 aromatic carbocycles. The van der Waals surface area contributed by atoms with Crippen LogP contribution in [-0.2, 0) is 11.8 Å². The second kappa shape index (κ2) is 7.64. The van der Waals surface area contributed by atoms with Gasteiger partial charge in [-0.1, -0.05) is 30.3 Å². The fourth-order valence-electron chi connectivity index (χ4n) is 3.23. The second-order valence-corrected chi connectivity index (χ2v) is 6.44. The molecule has 0 radical (unpaired) electrons. The number of carbonyl (C=O) groups is 1. The smallest absolute Gasteiger partial charge is 0.265 e. The summed E-state index contributed by atoms with van der Waals surface area (Å²) in [5, 5.41) is 3.04. The fraction of sp³-hybridized carbons (Fsp3) is 0.238. The minimum atomic E-state index is -0.757. The molecular weight excluding hydrogens is 358 g/mol. The van der Waals surface area contributed by atoms with E-state index in [4.69, 9.17) is 14.2 Å². The number of carbonyl (C=O) groups excluding carboxylic acids is 1. The van der Waals surface area contributed by atoms with Gasteiger partial charge >= 0.3 is 0 Å². The van der Waals surface area contributed by atoms with Crippen LogP contribution >= 0.6 is 0 Å². The maximum Gasteiger partial charge on any atom is 0.265 e. The molecule has 1 aliphatic rings. The highest BCUT2D eigenvalue weighted by Gasteiger charge is 2.31. The zero-order chi connectivity index (χ0) is 19.5. The van der Waals surface area contributed by atoms with Crippen LogP contribution in [-0.4, -0.2) is 35.3 Å². The Balaban J connectivity index is 1.62. The highest BCUT2D eigenvalue weighted by Crippen LogP contribution is 2.32. The molecule has 7 nitrogen and oxygen atoms in total. The summed E-state index contributed by atoms with van der Waals surface area (Å²) in [6, 6.07) is 14.4. The van der Waals surface area contributed by atoms with E-state index in [-0.39, 0.29) is 12.5 Å². The van der Waals surface area contributed by atoms with Gasteiger partial charge in [-0.15, -0.1) is 0 Å². The number of benzene rings is 2. The van der Waals surface area contributed by atoms with E-state index in [9.17, 15) is 4.79 Å². The van der Waals surface area contributed by atoms with Crippen LogP contribution in [0.25, 0.3) is 0 Å². The molecule has 1 N–H and O–H groups in total. The lowest BCUT2D eigenvalue weighted by atomic mass is 10.0. The van der Waals surface area contributed by atoms with Crippen molar-refractivity contribution in [2.45, 2.75) is 12.1 Å². The summed E-state index contributed by atoms with van der Waals surface area (Å²) >= 11 is 0. The van der Waals surface area contributed by atoms with E-state index >= 15 is 0 Å². The van der Waals surface area contributed by atoms with Crippen LogP contribution in [0.1, 0.15) is 17.4 Å². The van der Waals surface area contributed by atoms with Crippen molar-refractivity contribution >= 4 is 5.91 Å². The van der Waals surface area contributed by atoms with Crippen molar-refractivity contribution in [3.8, 4) is 17.2 Å². The maximum absolute atomic E-state index is 13.0. The molecule has 0 bridgehead atoms. The molecule has 0 fully saturated rings. The van der Waals surface area contributed by atoms with Crippen molar-refractivity contribution in [1.29, 1.82) is 0 Å². The number of fused-ring (bicyclic) bond motifs is 1. The molecule has 0 saturated carbocycles. The standard InChI is InChI=1S/C21H21N3O4/c1-24-12-11-22-20(24)19(14-7-3-4-8-15(14)26-2)23-21(25)18-13-27-16-9-5-6-10-17(16)28-18/h3-12,18-19H,13H2,1-2H3,(H,23,25). The molecule has 1 amide bonds. The van der Waals surface area contributed by atoms with Gasteiger partial charge in [0.1, 0.15) is 24.2 Å². The number of rotatable bonds is 5. The lowest BCUT2D eigenvalue weighted by Crippen LogP contribution is -2.45. The summed E-state index contributed by atoms with van der Waals surface area (Å²) in [5.41, 5.74) is 0.810. The van der Waals surface area contributed by atoms with Gasteiger partial charge in [0.2, 0.25) is 6.10 Å². The number of aryl methyl sites for hydroxylation is 1. The Kier molecular flexibility index (Phi) is 4.89. The molecule has 2 unspecified atom stereocenters. The van der Waals surface area contributed by atoms with E-state index in [1.54, 1.807) is 19.4 Å². The molecule has 1 aliphatic heterocycles. The van der Waals surface area contributed by atoms with Gasteiger partial charge in [0.25, 0.3) is 5.91 Å². The predicted octanol–water partition coefficient (Wildman–Crippen LogP) is 2.47. The molecule has 3 aromatic rings. The number of ether oxygens (including phenoxy) is 3. The number of hydrogen-bond acceptors (Lipinski definition) is 5. The summed E-state index contributed by atoms with van der Waals surface area (Å²) in [6.07, 6.45) is 2.77. The molecule has 28 heavy (non-hydrogen) atoms. The third kappa shape index (κ3) is 3.38. The molecule has 144 valence electrons. The SMILES string of the molecule is COc1ccccc1C(NC(=O)C1COc2ccccc2O1)c1nccn1C. The topological polar surface area (TPSA) is 74.6 Å². The van der Waals surface area contributed by atoms with Crippen molar-refractivity contribution in [3.05, 3.63) is 72.3 Å². The lowest BCUT2D eigenvalue weighted by Gasteiger charge is -2.28. The van der Waals surface area contributed by atoms with Crippen LogP contribution in [0.2, 0.25) is 0 Å².